The van der Waals surface area contributed by atoms with Crippen LogP contribution in [0.3, 0.4) is 0 Å². The summed E-state index contributed by atoms with van der Waals surface area (Å²) < 4.78 is 7.80. The zero-order valence-electron chi connectivity index (χ0n) is 16.6. The van der Waals surface area contributed by atoms with E-state index in [-0.39, 0.29) is 19.1 Å². The van der Waals surface area contributed by atoms with Crippen LogP contribution >= 0.6 is 0 Å². The minimum absolute atomic E-state index is 0.146. The summed E-state index contributed by atoms with van der Waals surface area (Å²) in [5.41, 5.74) is 7.94. The van der Waals surface area contributed by atoms with Crippen molar-refractivity contribution in [3.8, 4) is 0 Å². The lowest BCUT2D eigenvalue weighted by Gasteiger charge is -2.25. The summed E-state index contributed by atoms with van der Waals surface area (Å²) >= 11 is 0. The molecule has 1 amide bonds. The van der Waals surface area contributed by atoms with Crippen molar-refractivity contribution in [1.29, 1.82) is 0 Å². The highest BCUT2D eigenvalue weighted by Crippen LogP contribution is 2.18. The Morgan fingerprint density at radius 3 is 2.71 bits per heavy atom. The standard InChI is InChI=1S/C20H26BN5O2/c1-20(2,13-22)19(27)23-16(12-28-11-14-6-4-3-5-7-14)18-25-24-17-9-8-15(21)10-26(17)18/h3-10,16H,11-13,21-22H2,1-2H3,(H,23,27)/t16-/m1/s1. The number of nitrogens with two attached hydrogens (primary N) is 1. The zero-order chi connectivity index (χ0) is 20.1. The van der Waals surface area contributed by atoms with Crippen molar-refractivity contribution in [3.05, 3.63) is 60.0 Å². The third kappa shape index (κ3) is 4.58. The third-order valence-corrected chi connectivity index (χ3v) is 4.71. The van der Waals surface area contributed by atoms with Crippen molar-refractivity contribution in [1.82, 2.24) is 19.9 Å². The maximum atomic E-state index is 12.7. The smallest absolute Gasteiger partial charge is 0.227 e. The monoisotopic (exact) mass is 379 g/mol. The molecule has 0 radical (unpaired) electrons. The van der Waals surface area contributed by atoms with Gasteiger partial charge < -0.3 is 15.8 Å². The number of ether oxygens (including phenoxy) is 1. The molecular weight excluding hydrogens is 353 g/mol. The largest absolute Gasteiger partial charge is 0.374 e. The van der Waals surface area contributed by atoms with Gasteiger partial charge >= 0.3 is 0 Å². The molecule has 7 nitrogen and oxygen atoms in total. The topological polar surface area (TPSA) is 94.5 Å². The average molecular weight is 379 g/mol. The summed E-state index contributed by atoms with van der Waals surface area (Å²) in [7, 11) is 2.00. The molecule has 0 spiro atoms. The van der Waals surface area contributed by atoms with Gasteiger partial charge in [-0.05, 0) is 25.5 Å². The number of carbonyl (C=O) groups is 1. The second-order valence-corrected chi connectivity index (χ2v) is 7.61. The predicted molar refractivity (Wildman–Crippen MR) is 111 cm³/mol. The van der Waals surface area contributed by atoms with Crippen LogP contribution in [0.4, 0.5) is 0 Å². The van der Waals surface area contributed by atoms with Crippen LogP contribution in [-0.4, -0.2) is 41.5 Å². The van der Waals surface area contributed by atoms with Crippen LogP contribution in [0.25, 0.3) is 5.65 Å². The first kappa shape index (κ1) is 20.0. The molecule has 0 aliphatic heterocycles. The third-order valence-electron chi connectivity index (χ3n) is 4.71. The minimum Gasteiger partial charge on any atom is -0.374 e. The van der Waals surface area contributed by atoms with Crippen LogP contribution in [-0.2, 0) is 16.1 Å². The van der Waals surface area contributed by atoms with Crippen molar-refractivity contribution >= 4 is 24.9 Å². The Morgan fingerprint density at radius 2 is 2.00 bits per heavy atom. The van der Waals surface area contributed by atoms with Gasteiger partial charge in [0.2, 0.25) is 5.91 Å². The Bertz CT molecular complexity index is 942. The molecule has 0 bridgehead atoms. The molecule has 0 fully saturated rings. The number of fused-ring (bicyclic) bond motifs is 1. The highest BCUT2D eigenvalue weighted by Gasteiger charge is 2.30. The van der Waals surface area contributed by atoms with Gasteiger partial charge in [-0.1, -0.05) is 41.9 Å². The first-order valence-electron chi connectivity index (χ1n) is 9.35. The van der Waals surface area contributed by atoms with E-state index in [0.717, 1.165) is 16.7 Å². The molecule has 3 N–H and O–H groups in total. The first-order valence-corrected chi connectivity index (χ1v) is 9.35. The maximum absolute atomic E-state index is 12.7. The number of nitrogens with one attached hydrogen (secondary N) is 1. The molecule has 8 heteroatoms. The fourth-order valence-corrected chi connectivity index (χ4v) is 2.75. The van der Waals surface area contributed by atoms with Crippen LogP contribution < -0.4 is 16.5 Å². The van der Waals surface area contributed by atoms with Crippen LogP contribution in [0.15, 0.2) is 48.7 Å². The highest BCUT2D eigenvalue weighted by atomic mass is 16.5. The van der Waals surface area contributed by atoms with Gasteiger partial charge in [-0.15, -0.1) is 10.2 Å². The molecule has 0 saturated carbocycles. The van der Waals surface area contributed by atoms with Crippen molar-refractivity contribution in [2.24, 2.45) is 11.1 Å². The number of pyridine rings is 1. The first-order chi connectivity index (χ1) is 13.4. The fraction of sp³-hybridized carbons (Fsp3) is 0.350. The molecule has 0 unspecified atom stereocenters. The van der Waals surface area contributed by atoms with Gasteiger partial charge in [0.25, 0.3) is 0 Å². The van der Waals surface area contributed by atoms with E-state index in [4.69, 9.17) is 10.5 Å². The van der Waals surface area contributed by atoms with Gasteiger partial charge in [0.15, 0.2) is 11.5 Å². The molecule has 3 rings (SSSR count). The Kier molecular flexibility index (Phi) is 6.11. The molecule has 0 saturated heterocycles. The summed E-state index contributed by atoms with van der Waals surface area (Å²) in [6.07, 6.45) is 1.95. The number of benzene rings is 1. The second-order valence-electron chi connectivity index (χ2n) is 7.61. The fourth-order valence-electron chi connectivity index (χ4n) is 2.75. The van der Waals surface area contributed by atoms with Gasteiger partial charge in [0.1, 0.15) is 13.9 Å². The Hall–Kier alpha value is -2.71. The Labute approximate surface area is 165 Å². The van der Waals surface area contributed by atoms with Crippen LogP contribution in [0, 0.1) is 5.41 Å². The number of amides is 1. The number of hydrogen-bond acceptors (Lipinski definition) is 5. The number of nitrogens with zero attached hydrogens (tertiary/aromatic N) is 3. The van der Waals surface area contributed by atoms with E-state index < -0.39 is 11.5 Å². The van der Waals surface area contributed by atoms with E-state index >= 15 is 0 Å². The van der Waals surface area contributed by atoms with E-state index in [1.54, 1.807) is 0 Å². The SMILES string of the molecule is Bc1ccc2nnc([C@@H](COCc3ccccc3)NC(=O)C(C)(C)CN)n2c1. The Balaban J connectivity index is 1.83. The van der Waals surface area contributed by atoms with Crippen LogP contribution in [0.2, 0.25) is 0 Å². The average Bonchev–Trinajstić information content (AvgIpc) is 3.10. The lowest BCUT2D eigenvalue weighted by atomic mass is 9.92. The van der Waals surface area contributed by atoms with Crippen molar-refractivity contribution in [3.63, 3.8) is 0 Å². The summed E-state index contributed by atoms with van der Waals surface area (Å²) in [5, 5.41) is 11.6. The van der Waals surface area contributed by atoms with Gasteiger partial charge in [0.05, 0.1) is 18.6 Å². The molecule has 0 aliphatic carbocycles. The van der Waals surface area contributed by atoms with Crippen LogP contribution in [0.5, 0.6) is 0 Å². The van der Waals surface area contributed by atoms with E-state index in [1.807, 2.05) is 74.8 Å². The molecule has 1 atom stereocenters. The van der Waals surface area contributed by atoms with Crippen molar-refractivity contribution in [2.45, 2.75) is 26.5 Å². The number of rotatable bonds is 8. The molecular formula is C20H26BN5O2. The molecule has 28 heavy (non-hydrogen) atoms. The summed E-state index contributed by atoms with van der Waals surface area (Å²) in [6, 6.07) is 13.3. The van der Waals surface area contributed by atoms with E-state index in [0.29, 0.717) is 12.4 Å². The molecule has 1 aromatic carbocycles. The summed E-state index contributed by atoms with van der Waals surface area (Å²) in [6.45, 7) is 4.60. The van der Waals surface area contributed by atoms with E-state index in [9.17, 15) is 4.79 Å². The van der Waals surface area contributed by atoms with E-state index in [1.165, 1.54) is 0 Å². The highest BCUT2D eigenvalue weighted by molar-refractivity contribution is 6.32. The summed E-state index contributed by atoms with van der Waals surface area (Å²) in [5.74, 6) is 0.487. The van der Waals surface area contributed by atoms with Crippen molar-refractivity contribution < 1.29 is 9.53 Å². The molecule has 0 aliphatic rings. The number of aromatic nitrogens is 3. The zero-order valence-corrected chi connectivity index (χ0v) is 16.6. The Morgan fingerprint density at radius 1 is 1.25 bits per heavy atom. The number of carbonyl (C=O) groups excluding carboxylic acids is 1. The van der Waals surface area contributed by atoms with Crippen LogP contribution in [0.1, 0.15) is 31.3 Å². The number of hydrogen-bond donors (Lipinski definition) is 2. The lowest BCUT2D eigenvalue weighted by Crippen LogP contribution is -2.44. The van der Waals surface area contributed by atoms with E-state index in [2.05, 4.69) is 15.5 Å². The quantitative estimate of drug-likeness (QED) is 0.551. The lowest BCUT2D eigenvalue weighted by molar-refractivity contribution is -0.130. The second kappa shape index (κ2) is 8.54. The minimum atomic E-state index is -0.686. The predicted octanol–water partition coefficient (Wildman–Crippen LogP) is 0.347. The van der Waals surface area contributed by atoms with Crippen molar-refractivity contribution in [2.75, 3.05) is 13.2 Å². The molecule has 2 heterocycles. The van der Waals surface area contributed by atoms with Gasteiger partial charge in [0, 0.05) is 12.7 Å². The maximum Gasteiger partial charge on any atom is 0.227 e. The summed E-state index contributed by atoms with van der Waals surface area (Å²) in [4.78, 5) is 12.7. The molecule has 2 aromatic heterocycles. The van der Waals surface area contributed by atoms with Gasteiger partial charge in [-0.25, -0.2) is 0 Å². The normalized spacial score (nSPS) is 12.8. The molecule has 146 valence electrons. The van der Waals surface area contributed by atoms with Gasteiger partial charge in [-0.3, -0.25) is 9.20 Å². The molecule has 3 aromatic rings. The van der Waals surface area contributed by atoms with Gasteiger partial charge in [-0.2, -0.15) is 0 Å².